The minimum Gasteiger partial charge on any atom is -0.330 e. The fraction of sp³-hybridized carbons (Fsp3) is 0.333. The molecule has 3 N–H and O–H groups in total. The number of hydrogen-bond acceptors (Lipinski definition) is 3. The van der Waals surface area contributed by atoms with Gasteiger partial charge in [-0.2, -0.15) is 0 Å². The first-order valence-corrected chi connectivity index (χ1v) is 9.21. The summed E-state index contributed by atoms with van der Waals surface area (Å²) >= 11 is 3.45. The Bertz CT molecular complexity index is 717. The lowest BCUT2D eigenvalue weighted by atomic mass is 10.1. The number of rotatable bonds is 7. The molecule has 0 aromatic heterocycles. The molecule has 0 bridgehead atoms. The number of nitrogens with one attached hydrogen (secondary N) is 1. The quantitative estimate of drug-likeness (QED) is 0.735. The van der Waals surface area contributed by atoms with Crippen LogP contribution in [0.1, 0.15) is 19.3 Å². The molecule has 6 heteroatoms. The van der Waals surface area contributed by atoms with E-state index in [1.807, 2.05) is 24.3 Å². The van der Waals surface area contributed by atoms with Crippen LogP contribution in [0.2, 0.25) is 0 Å². The Morgan fingerprint density at radius 2 is 1.71 bits per heavy atom. The number of benzene rings is 2. The van der Waals surface area contributed by atoms with Gasteiger partial charge in [-0.05, 0) is 36.9 Å². The second-order valence-corrected chi connectivity index (χ2v) is 7.43. The van der Waals surface area contributed by atoms with Crippen LogP contribution in [0, 0.1) is 0 Å². The zero-order chi connectivity index (χ0) is 15.3. The Labute approximate surface area is 133 Å². The van der Waals surface area contributed by atoms with Gasteiger partial charge < -0.3 is 5.73 Å². The summed E-state index contributed by atoms with van der Waals surface area (Å²) in [5.74, 6) is 0. The van der Waals surface area contributed by atoms with E-state index in [4.69, 9.17) is 5.73 Å². The summed E-state index contributed by atoms with van der Waals surface area (Å²) in [7, 11) is -3.49. The second-order valence-electron chi connectivity index (χ2n) is 4.84. The molecule has 0 unspecified atom stereocenters. The van der Waals surface area contributed by atoms with E-state index in [2.05, 4.69) is 20.7 Å². The SMILES string of the molecule is NCCCCCNS(=O)(=O)c1cccc2c(Br)cccc12. The predicted octanol–water partition coefficient (Wildman–Crippen LogP) is 3.01. The molecule has 0 aliphatic carbocycles. The van der Waals surface area contributed by atoms with E-state index in [9.17, 15) is 8.42 Å². The van der Waals surface area contributed by atoms with Crippen molar-refractivity contribution in [2.24, 2.45) is 5.73 Å². The van der Waals surface area contributed by atoms with Gasteiger partial charge in [-0.25, -0.2) is 13.1 Å². The highest BCUT2D eigenvalue weighted by Crippen LogP contribution is 2.28. The van der Waals surface area contributed by atoms with Crippen molar-refractivity contribution >= 4 is 36.7 Å². The molecule has 0 spiro atoms. The van der Waals surface area contributed by atoms with Crippen LogP contribution in [-0.4, -0.2) is 21.5 Å². The van der Waals surface area contributed by atoms with E-state index in [1.165, 1.54) is 0 Å². The first kappa shape index (κ1) is 16.4. The van der Waals surface area contributed by atoms with Crippen molar-refractivity contribution in [3.8, 4) is 0 Å². The molecule has 0 saturated carbocycles. The van der Waals surface area contributed by atoms with Crippen LogP contribution < -0.4 is 10.5 Å². The van der Waals surface area contributed by atoms with E-state index in [-0.39, 0.29) is 0 Å². The van der Waals surface area contributed by atoms with E-state index < -0.39 is 10.0 Å². The molecular weight excluding hydrogens is 352 g/mol. The lowest BCUT2D eigenvalue weighted by molar-refractivity contribution is 0.576. The Hall–Kier alpha value is -0.950. The van der Waals surface area contributed by atoms with Crippen LogP contribution in [0.15, 0.2) is 45.8 Å². The number of unbranched alkanes of at least 4 members (excludes halogenated alkanes) is 2. The van der Waals surface area contributed by atoms with Gasteiger partial charge in [-0.3, -0.25) is 0 Å². The zero-order valence-corrected chi connectivity index (χ0v) is 14.1. The minimum atomic E-state index is -3.49. The maximum Gasteiger partial charge on any atom is 0.241 e. The van der Waals surface area contributed by atoms with Gasteiger partial charge in [0.1, 0.15) is 0 Å². The lowest BCUT2D eigenvalue weighted by Gasteiger charge is -2.10. The number of nitrogens with two attached hydrogens (primary N) is 1. The fourth-order valence-electron chi connectivity index (χ4n) is 2.21. The standard InChI is InChI=1S/C15H19BrN2O2S/c16-14-8-4-7-13-12(14)6-5-9-15(13)21(19,20)18-11-3-1-2-10-17/h4-9,18H,1-3,10-11,17H2. The molecule has 0 saturated heterocycles. The van der Waals surface area contributed by atoms with E-state index in [0.717, 1.165) is 34.5 Å². The molecule has 0 amide bonds. The third kappa shape index (κ3) is 4.03. The van der Waals surface area contributed by atoms with Crippen LogP contribution >= 0.6 is 15.9 Å². The summed E-state index contributed by atoms with van der Waals surface area (Å²) < 4.78 is 28.4. The van der Waals surface area contributed by atoms with Gasteiger partial charge in [0.05, 0.1) is 4.90 Å². The van der Waals surface area contributed by atoms with Gasteiger partial charge in [-0.1, -0.05) is 46.6 Å². The molecule has 114 valence electrons. The van der Waals surface area contributed by atoms with E-state index in [0.29, 0.717) is 18.0 Å². The third-order valence-electron chi connectivity index (χ3n) is 3.29. The Morgan fingerprint density at radius 1 is 1.00 bits per heavy atom. The maximum atomic E-state index is 12.4. The van der Waals surface area contributed by atoms with Crippen LogP contribution in [-0.2, 0) is 10.0 Å². The normalized spacial score (nSPS) is 11.9. The highest BCUT2D eigenvalue weighted by atomic mass is 79.9. The number of halogens is 1. The van der Waals surface area contributed by atoms with Crippen molar-refractivity contribution in [1.29, 1.82) is 0 Å². The summed E-state index contributed by atoms with van der Waals surface area (Å²) in [6.45, 7) is 1.08. The summed E-state index contributed by atoms with van der Waals surface area (Å²) in [4.78, 5) is 0.320. The maximum absolute atomic E-state index is 12.4. The molecule has 2 aromatic carbocycles. The molecule has 2 rings (SSSR count). The average Bonchev–Trinajstić information content (AvgIpc) is 2.47. The monoisotopic (exact) mass is 370 g/mol. The van der Waals surface area contributed by atoms with Gasteiger partial charge in [0.15, 0.2) is 0 Å². The first-order chi connectivity index (χ1) is 10.1. The number of fused-ring (bicyclic) bond motifs is 1. The van der Waals surface area contributed by atoms with Gasteiger partial charge >= 0.3 is 0 Å². The Balaban J connectivity index is 2.22. The molecule has 0 atom stereocenters. The third-order valence-corrected chi connectivity index (χ3v) is 5.50. The van der Waals surface area contributed by atoms with Crippen molar-refractivity contribution in [3.63, 3.8) is 0 Å². The minimum absolute atomic E-state index is 0.320. The first-order valence-electron chi connectivity index (χ1n) is 6.93. The highest BCUT2D eigenvalue weighted by molar-refractivity contribution is 9.10. The fourth-order valence-corrected chi connectivity index (χ4v) is 4.00. The average molecular weight is 371 g/mol. The van der Waals surface area contributed by atoms with Crippen LogP contribution in [0.4, 0.5) is 0 Å². The van der Waals surface area contributed by atoms with Crippen LogP contribution in [0.3, 0.4) is 0 Å². The molecule has 0 fully saturated rings. The Kier molecular flexibility index (Phi) is 5.75. The van der Waals surface area contributed by atoms with Crippen LogP contribution in [0.25, 0.3) is 10.8 Å². The summed E-state index contributed by atoms with van der Waals surface area (Å²) in [5.41, 5.74) is 5.42. The molecule has 2 aromatic rings. The van der Waals surface area contributed by atoms with Crippen molar-refractivity contribution in [3.05, 3.63) is 40.9 Å². The summed E-state index contributed by atoms with van der Waals surface area (Å²) in [6, 6.07) is 10.9. The summed E-state index contributed by atoms with van der Waals surface area (Å²) in [5, 5.41) is 1.62. The van der Waals surface area contributed by atoms with Gasteiger partial charge in [-0.15, -0.1) is 0 Å². The lowest BCUT2D eigenvalue weighted by Crippen LogP contribution is -2.25. The highest BCUT2D eigenvalue weighted by Gasteiger charge is 2.16. The molecular formula is C15H19BrN2O2S. The largest absolute Gasteiger partial charge is 0.330 e. The molecule has 0 heterocycles. The van der Waals surface area contributed by atoms with Gasteiger partial charge in [0.2, 0.25) is 10.0 Å². The number of hydrogen-bond donors (Lipinski definition) is 2. The van der Waals surface area contributed by atoms with Crippen molar-refractivity contribution in [2.75, 3.05) is 13.1 Å². The van der Waals surface area contributed by atoms with Crippen molar-refractivity contribution in [1.82, 2.24) is 4.72 Å². The van der Waals surface area contributed by atoms with Gasteiger partial charge in [0, 0.05) is 16.4 Å². The van der Waals surface area contributed by atoms with Gasteiger partial charge in [0.25, 0.3) is 0 Å². The zero-order valence-electron chi connectivity index (χ0n) is 11.7. The number of sulfonamides is 1. The van der Waals surface area contributed by atoms with E-state index >= 15 is 0 Å². The molecule has 0 aliphatic heterocycles. The van der Waals surface area contributed by atoms with E-state index in [1.54, 1.807) is 12.1 Å². The molecule has 0 radical (unpaired) electrons. The molecule has 21 heavy (non-hydrogen) atoms. The van der Waals surface area contributed by atoms with Crippen LogP contribution in [0.5, 0.6) is 0 Å². The molecule has 4 nitrogen and oxygen atoms in total. The van der Waals surface area contributed by atoms with Crippen molar-refractivity contribution < 1.29 is 8.42 Å². The molecule has 0 aliphatic rings. The smallest absolute Gasteiger partial charge is 0.241 e. The predicted molar refractivity (Wildman–Crippen MR) is 89.7 cm³/mol. The topological polar surface area (TPSA) is 72.2 Å². The summed E-state index contributed by atoms with van der Waals surface area (Å²) in [6.07, 6.45) is 2.65. The Morgan fingerprint density at radius 3 is 2.48 bits per heavy atom. The second kappa shape index (κ2) is 7.35. The van der Waals surface area contributed by atoms with Crippen molar-refractivity contribution in [2.45, 2.75) is 24.2 Å².